The van der Waals surface area contributed by atoms with Gasteiger partial charge in [-0.2, -0.15) is 9.61 Å². The number of amides is 1. The molecule has 0 aliphatic carbocycles. The lowest BCUT2D eigenvalue weighted by Crippen LogP contribution is -2.25. The molecule has 0 aliphatic heterocycles. The predicted molar refractivity (Wildman–Crippen MR) is 116 cm³/mol. The van der Waals surface area contributed by atoms with Crippen LogP contribution in [0.2, 0.25) is 5.02 Å². The van der Waals surface area contributed by atoms with Gasteiger partial charge in [-0.25, -0.2) is 9.37 Å². The number of nitrogens with one attached hydrogen (secondary N) is 1. The van der Waals surface area contributed by atoms with E-state index in [1.165, 1.54) is 22.8 Å². The van der Waals surface area contributed by atoms with Gasteiger partial charge in [0.15, 0.2) is 5.65 Å². The summed E-state index contributed by atoms with van der Waals surface area (Å²) in [5.41, 5.74) is 3.68. The van der Waals surface area contributed by atoms with Crippen molar-refractivity contribution < 1.29 is 14.3 Å². The minimum absolute atomic E-state index is 0.0530. The summed E-state index contributed by atoms with van der Waals surface area (Å²) in [5, 5.41) is 18.4. The maximum Gasteiger partial charge on any atom is 0.256 e. The molecule has 0 fully saturated rings. The maximum atomic E-state index is 13.0. The molecule has 0 spiro atoms. The van der Waals surface area contributed by atoms with Crippen LogP contribution in [0.5, 0.6) is 5.88 Å². The molecule has 0 radical (unpaired) electrons. The van der Waals surface area contributed by atoms with Crippen molar-refractivity contribution in [1.82, 2.24) is 19.9 Å². The Labute approximate surface area is 183 Å². The lowest BCUT2D eigenvalue weighted by Gasteiger charge is -2.10. The molecule has 2 aromatic heterocycles. The molecular weight excluding hydrogens is 419 g/mol. The van der Waals surface area contributed by atoms with Crippen LogP contribution in [0.4, 0.5) is 4.39 Å². The average Bonchev–Trinajstić information content (AvgIpc) is 3.18. The average molecular weight is 439 g/mol. The van der Waals surface area contributed by atoms with Crippen molar-refractivity contribution in [2.24, 2.45) is 0 Å². The first-order chi connectivity index (χ1) is 14.9. The van der Waals surface area contributed by atoms with Crippen molar-refractivity contribution in [3.63, 3.8) is 0 Å². The molecule has 1 amide bonds. The van der Waals surface area contributed by atoms with Crippen LogP contribution in [-0.4, -0.2) is 32.2 Å². The lowest BCUT2D eigenvalue weighted by atomic mass is 10.0. The highest BCUT2D eigenvalue weighted by Crippen LogP contribution is 2.26. The molecule has 2 N–H and O–H groups in total. The minimum Gasteiger partial charge on any atom is -0.493 e. The quantitative estimate of drug-likeness (QED) is 0.475. The smallest absolute Gasteiger partial charge is 0.256 e. The summed E-state index contributed by atoms with van der Waals surface area (Å²) < 4.78 is 14.3. The number of carbonyl (C=O) groups excluding carboxylic acids is 1. The number of fused-ring (bicyclic) bond motifs is 1. The van der Waals surface area contributed by atoms with Crippen LogP contribution < -0.4 is 5.32 Å². The van der Waals surface area contributed by atoms with Gasteiger partial charge in [0.25, 0.3) is 5.91 Å². The predicted octanol–water partition coefficient (Wildman–Crippen LogP) is 4.10. The Kier molecular flexibility index (Phi) is 5.86. The number of halogens is 2. The Morgan fingerprint density at radius 3 is 2.52 bits per heavy atom. The summed E-state index contributed by atoms with van der Waals surface area (Å²) >= 11 is 5.94. The van der Waals surface area contributed by atoms with Gasteiger partial charge in [-0.3, -0.25) is 4.79 Å². The summed E-state index contributed by atoms with van der Waals surface area (Å²) in [7, 11) is 0. The van der Waals surface area contributed by atoms with Crippen molar-refractivity contribution in [2.45, 2.75) is 19.8 Å². The molecule has 0 saturated heterocycles. The molecule has 0 saturated carbocycles. The van der Waals surface area contributed by atoms with E-state index in [0.29, 0.717) is 35.7 Å². The van der Waals surface area contributed by atoms with E-state index in [1.807, 2.05) is 12.1 Å². The van der Waals surface area contributed by atoms with Gasteiger partial charge in [-0.05, 0) is 48.7 Å². The Morgan fingerprint density at radius 1 is 1.13 bits per heavy atom. The van der Waals surface area contributed by atoms with Crippen LogP contribution in [0, 0.1) is 12.7 Å². The lowest BCUT2D eigenvalue weighted by molar-refractivity contribution is 0.0955. The van der Waals surface area contributed by atoms with Gasteiger partial charge in [-0.1, -0.05) is 35.9 Å². The highest BCUT2D eigenvalue weighted by Gasteiger charge is 2.19. The van der Waals surface area contributed by atoms with Crippen LogP contribution in [-0.2, 0) is 12.8 Å². The van der Waals surface area contributed by atoms with Gasteiger partial charge in [-0.15, -0.1) is 0 Å². The van der Waals surface area contributed by atoms with E-state index in [4.69, 9.17) is 11.6 Å². The van der Waals surface area contributed by atoms with E-state index < -0.39 is 0 Å². The number of benzene rings is 2. The van der Waals surface area contributed by atoms with E-state index in [0.717, 1.165) is 11.1 Å². The number of nitrogens with zero attached hydrogens (tertiary/aromatic N) is 3. The third kappa shape index (κ3) is 4.51. The second-order valence-electron chi connectivity index (χ2n) is 7.23. The molecule has 2 aromatic carbocycles. The zero-order chi connectivity index (χ0) is 22.0. The molecule has 6 nitrogen and oxygen atoms in total. The number of carbonyl (C=O) groups is 1. The van der Waals surface area contributed by atoms with Crippen molar-refractivity contribution in [1.29, 1.82) is 0 Å². The van der Waals surface area contributed by atoms with Crippen molar-refractivity contribution in [2.75, 3.05) is 6.54 Å². The molecule has 0 unspecified atom stereocenters. The molecule has 0 aliphatic rings. The van der Waals surface area contributed by atoms with Gasteiger partial charge >= 0.3 is 0 Å². The summed E-state index contributed by atoms with van der Waals surface area (Å²) in [5.74, 6) is -0.688. The number of hydrogen-bond acceptors (Lipinski definition) is 4. The van der Waals surface area contributed by atoms with E-state index in [9.17, 15) is 14.3 Å². The van der Waals surface area contributed by atoms with Crippen LogP contribution in [0.3, 0.4) is 0 Å². The topological polar surface area (TPSA) is 79.5 Å². The fourth-order valence-corrected chi connectivity index (χ4v) is 3.49. The molecule has 4 rings (SSSR count). The maximum absolute atomic E-state index is 13.0. The minimum atomic E-state index is -0.339. The highest BCUT2D eigenvalue weighted by atomic mass is 35.5. The van der Waals surface area contributed by atoms with E-state index in [2.05, 4.69) is 15.4 Å². The largest absolute Gasteiger partial charge is 0.493 e. The van der Waals surface area contributed by atoms with E-state index in [1.54, 1.807) is 31.2 Å². The summed E-state index contributed by atoms with van der Waals surface area (Å²) in [4.78, 5) is 17.2. The van der Waals surface area contributed by atoms with Crippen LogP contribution >= 0.6 is 11.6 Å². The van der Waals surface area contributed by atoms with Crippen molar-refractivity contribution in [3.8, 4) is 5.88 Å². The Bertz CT molecular complexity index is 1240. The zero-order valence-electron chi connectivity index (χ0n) is 16.8. The van der Waals surface area contributed by atoms with Gasteiger partial charge in [0.1, 0.15) is 11.4 Å². The van der Waals surface area contributed by atoms with Crippen molar-refractivity contribution >= 4 is 23.2 Å². The highest BCUT2D eigenvalue weighted by molar-refractivity contribution is 6.30. The van der Waals surface area contributed by atoms with E-state index >= 15 is 0 Å². The SMILES string of the molecule is Cc1nc2c(C(=O)NCCc3ccc(F)cc3)cnn2c(O)c1Cc1ccc(Cl)cc1. The third-order valence-electron chi connectivity index (χ3n) is 5.08. The monoisotopic (exact) mass is 438 g/mol. The van der Waals surface area contributed by atoms with Crippen LogP contribution in [0.25, 0.3) is 5.65 Å². The summed E-state index contributed by atoms with van der Waals surface area (Å²) in [6.07, 6.45) is 2.41. The molecule has 2 heterocycles. The van der Waals surface area contributed by atoms with Gasteiger partial charge in [0.05, 0.1) is 6.20 Å². The number of aromatic nitrogens is 3. The molecule has 0 bridgehead atoms. The Balaban J connectivity index is 1.52. The second kappa shape index (κ2) is 8.73. The first-order valence-electron chi connectivity index (χ1n) is 9.75. The third-order valence-corrected chi connectivity index (χ3v) is 5.33. The van der Waals surface area contributed by atoms with E-state index in [-0.39, 0.29) is 28.8 Å². The Morgan fingerprint density at radius 2 is 1.81 bits per heavy atom. The Hall–Kier alpha value is -3.45. The van der Waals surface area contributed by atoms with Crippen LogP contribution in [0.15, 0.2) is 54.7 Å². The molecular formula is C23H20ClFN4O2. The molecule has 4 aromatic rings. The van der Waals surface area contributed by atoms with Crippen LogP contribution in [0.1, 0.15) is 32.7 Å². The van der Waals surface area contributed by atoms with Gasteiger partial charge < -0.3 is 10.4 Å². The normalized spacial score (nSPS) is 11.1. The second-order valence-corrected chi connectivity index (χ2v) is 7.67. The van der Waals surface area contributed by atoms with Crippen molar-refractivity contribution in [3.05, 3.63) is 93.5 Å². The van der Waals surface area contributed by atoms with Gasteiger partial charge in [0, 0.05) is 29.2 Å². The fraction of sp³-hybridized carbons (Fsp3) is 0.174. The number of hydrogen-bond donors (Lipinski definition) is 2. The molecule has 31 heavy (non-hydrogen) atoms. The summed E-state index contributed by atoms with van der Waals surface area (Å²) in [6.45, 7) is 2.16. The molecule has 158 valence electrons. The first kappa shape index (κ1) is 20.8. The molecule has 0 atom stereocenters. The van der Waals surface area contributed by atoms with Gasteiger partial charge in [0.2, 0.25) is 5.88 Å². The summed E-state index contributed by atoms with van der Waals surface area (Å²) in [6, 6.07) is 13.5. The fourth-order valence-electron chi connectivity index (χ4n) is 3.36. The zero-order valence-corrected chi connectivity index (χ0v) is 17.5. The number of aryl methyl sites for hydroxylation is 1. The first-order valence-corrected chi connectivity index (χ1v) is 10.1. The standard InChI is InChI=1S/C23H20ClFN4O2/c1-14-19(12-16-2-6-17(24)7-3-16)23(31)29-21(28-14)20(13-27-29)22(30)26-11-10-15-4-8-18(25)9-5-15/h2-9,13,31H,10-12H2,1H3,(H,26,30). The number of aromatic hydroxyl groups is 1. The number of rotatable bonds is 6. The molecule has 8 heteroatoms.